The molecule has 1 saturated heterocycles. The molecule has 4 aromatic rings. The number of benzene rings is 3. The molecule has 0 radical (unpaired) electrons. The number of rotatable bonds is 10. The Morgan fingerprint density at radius 2 is 1.91 bits per heavy atom. The van der Waals surface area contributed by atoms with Crippen molar-refractivity contribution < 1.29 is 19.4 Å². The predicted molar refractivity (Wildman–Crippen MR) is 174 cm³/mol. The van der Waals surface area contributed by atoms with Crippen molar-refractivity contribution in [3.8, 4) is 11.1 Å². The van der Waals surface area contributed by atoms with E-state index in [-0.39, 0.29) is 11.8 Å². The average Bonchev–Trinajstić information content (AvgIpc) is 3.06. The number of halogens is 1. The van der Waals surface area contributed by atoms with Gasteiger partial charge in [0.2, 0.25) is 0 Å². The summed E-state index contributed by atoms with van der Waals surface area (Å²) in [5.74, 6) is -0.321. The zero-order chi connectivity index (χ0) is 31.1. The number of nitrogens with one attached hydrogen (secondary N) is 2. The van der Waals surface area contributed by atoms with Crippen molar-refractivity contribution in [1.29, 1.82) is 0 Å². The summed E-state index contributed by atoms with van der Waals surface area (Å²) in [5.41, 5.74) is 3.47. The molecular formula is C35H39ClN4O4. The predicted octanol–water partition coefficient (Wildman–Crippen LogP) is 6.15. The molecule has 0 spiro atoms. The first-order valence-corrected chi connectivity index (χ1v) is 15.4. The Hall–Kier alpha value is -3.98. The molecule has 1 aliphatic heterocycles. The van der Waals surface area contributed by atoms with Crippen molar-refractivity contribution in [2.45, 2.75) is 37.8 Å². The highest BCUT2D eigenvalue weighted by molar-refractivity contribution is 6.33. The number of para-hydroxylation sites is 1. The molecule has 230 valence electrons. The molecule has 2 amide bonds. The number of methoxy groups -OCH3 is 1. The third kappa shape index (κ3) is 6.88. The van der Waals surface area contributed by atoms with E-state index in [2.05, 4.69) is 15.6 Å². The second-order valence-corrected chi connectivity index (χ2v) is 11.8. The lowest BCUT2D eigenvalue weighted by Gasteiger charge is -2.44. The van der Waals surface area contributed by atoms with Gasteiger partial charge >= 0.3 is 6.09 Å². The Bertz CT molecular complexity index is 1610. The molecule has 1 aromatic heterocycles. The van der Waals surface area contributed by atoms with Crippen LogP contribution in [0.25, 0.3) is 22.0 Å². The summed E-state index contributed by atoms with van der Waals surface area (Å²) >= 11 is 6.89. The molecule has 0 aliphatic carbocycles. The maximum absolute atomic E-state index is 13.7. The molecule has 5 rings (SSSR count). The van der Waals surface area contributed by atoms with Crippen molar-refractivity contribution in [3.63, 3.8) is 0 Å². The number of pyridine rings is 1. The number of carbonyl (C=O) groups excluding carboxylic acids is 2. The number of nitrogens with zero attached hydrogens (tertiary/aromatic N) is 2. The molecular weight excluding hydrogens is 576 g/mol. The number of ether oxygens (including phenoxy) is 1. The second-order valence-electron chi connectivity index (χ2n) is 11.3. The number of hydrogen-bond acceptors (Lipinski definition) is 6. The lowest BCUT2D eigenvalue weighted by atomic mass is 9.72. The van der Waals surface area contributed by atoms with E-state index in [0.717, 1.165) is 47.0 Å². The number of carbonyl (C=O) groups is 2. The first kappa shape index (κ1) is 31.4. The van der Waals surface area contributed by atoms with Gasteiger partial charge in [0.05, 0.1) is 18.2 Å². The Labute approximate surface area is 263 Å². The molecule has 3 aromatic carbocycles. The van der Waals surface area contributed by atoms with E-state index < -0.39 is 11.7 Å². The zero-order valence-electron chi connectivity index (χ0n) is 25.2. The molecule has 0 bridgehead atoms. The van der Waals surface area contributed by atoms with Gasteiger partial charge in [-0.1, -0.05) is 54.1 Å². The van der Waals surface area contributed by atoms with Crippen LogP contribution in [-0.2, 0) is 16.9 Å². The van der Waals surface area contributed by atoms with E-state index in [1.807, 2.05) is 84.7 Å². The van der Waals surface area contributed by atoms with Gasteiger partial charge in [0.15, 0.2) is 0 Å². The molecule has 1 fully saturated rings. The topological polar surface area (TPSA) is 104 Å². The highest BCUT2D eigenvalue weighted by Gasteiger charge is 2.43. The molecule has 8 nitrogen and oxygen atoms in total. The van der Waals surface area contributed by atoms with Crippen LogP contribution in [0.15, 0.2) is 79.0 Å². The average molecular weight is 615 g/mol. The van der Waals surface area contributed by atoms with Gasteiger partial charge in [-0.25, -0.2) is 4.79 Å². The quantitative estimate of drug-likeness (QED) is 0.185. The Morgan fingerprint density at radius 1 is 1.11 bits per heavy atom. The van der Waals surface area contributed by atoms with Gasteiger partial charge in [-0.3, -0.25) is 9.78 Å². The summed E-state index contributed by atoms with van der Waals surface area (Å²) in [6.45, 7) is 2.06. The van der Waals surface area contributed by atoms with Crippen molar-refractivity contribution in [1.82, 2.24) is 20.5 Å². The van der Waals surface area contributed by atoms with Crippen LogP contribution >= 0.6 is 11.6 Å². The van der Waals surface area contributed by atoms with Gasteiger partial charge in [-0.15, -0.1) is 0 Å². The van der Waals surface area contributed by atoms with E-state index in [1.165, 1.54) is 7.11 Å². The minimum Gasteiger partial charge on any atom is -0.453 e. The third-order valence-electron chi connectivity index (χ3n) is 8.51. The van der Waals surface area contributed by atoms with E-state index in [9.17, 15) is 14.7 Å². The van der Waals surface area contributed by atoms with Crippen molar-refractivity contribution in [2.24, 2.45) is 5.92 Å². The summed E-state index contributed by atoms with van der Waals surface area (Å²) in [6, 6.07) is 23.2. The Balaban J connectivity index is 1.50. The third-order valence-corrected chi connectivity index (χ3v) is 8.83. The minimum absolute atomic E-state index is 0.0505. The molecule has 2 atom stereocenters. The number of hydrogen-bond donors (Lipinski definition) is 3. The van der Waals surface area contributed by atoms with Gasteiger partial charge < -0.3 is 25.4 Å². The van der Waals surface area contributed by atoms with Gasteiger partial charge in [-0.05, 0) is 74.2 Å². The SMILES string of the molecule is CNCc1ccc(C(=O)N2CCC[C@@H](C(O)(CCCNC(=O)OC)c3cccc(Cl)c3-c3cnc4ccccc4c3)C2)cc1. The van der Waals surface area contributed by atoms with Crippen molar-refractivity contribution in [2.75, 3.05) is 33.8 Å². The fraction of sp³-hybridized carbons (Fsp3) is 0.343. The largest absolute Gasteiger partial charge is 0.453 e. The number of likely N-dealkylation sites (tertiary alicyclic amines) is 1. The van der Waals surface area contributed by atoms with E-state index >= 15 is 0 Å². The highest BCUT2D eigenvalue weighted by atomic mass is 35.5. The number of aliphatic hydroxyl groups is 1. The smallest absolute Gasteiger partial charge is 0.406 e. The molecule has 9 heteroatoms. The zero-order valence-corrected chi connectivity index (χ0v) is 25.9. The van der Waals surface area contributed by atoms with Crippen LogP contribution in [-0.4, -0.2) is 60.8 Å². The van der Waals surface area contributed by atoms with Crippen LogP contribution in [0, 0.1) is 5.92 Å². The maximum Gasteiger partial charge on any atom is 0.406 e. The van der Waals surface area contributed by atoms with E-state index in [0.29, 0.717) is 48.6 Å². The maximum atomic E-state index is 13.7. The fourth-order valence-corrected chi connectivity index (χ4v) is 6.55. The monoisotopic (exact) mass is 614 g/mol. The number of aromatic nitrogens is 1. The number of alkyl carbamates (subject to hydrolysis) is 1. The van der Waals surface area contributed by atoms with Crippen LogP contribution in [0.4, 0.5) is 4.79 Å². The summed E-state index contributed by atoms with van der Waals surface area (Å²) < 4.78 is 4.73. The van der Waals surface area contributed by atoms with Gasteiger partial charge in [-0.2, -0.15) is 0 Å². The van der Waals surface area contributed by atoms with Crippen molar-refractivity contribution >= 4 is 34.5 Å². The van der Waals surface area contributed by atoms with Gasteiger partial charge in [0.1, 0.15) is 0 Å². The van der Waals surface area contributed by atoms with E-state index in [4.69, 9.17) is 16.3 Å². The Kier molecular flexibility index (Phi) is 10.1. The molecule has 3 N–H and O–H groups in total. The normalized spacial score (nSPS) is 16.4. The molecule has 1 aliphatic rings. The van der Waals surface area contributed by atoms with Crippen LogP contribution in [0.5, 0.6) is 0 Å². The Morgan fingerprint density at radius 3 is 2.68 bits per heavy atom. The summed E-state index contributed by atoms with van der Waals surface area (Å²) in [5, 5.41) is 20.1. The minimum atomic E-state index is -1.35. The lowest BCUT2D eigenvalue weighted by Crippen LogP contribution is -2.48. The highest BCUT2D eigenvalue weighted by Crippen LogP contribution is 2.46. The first-order valence-electron chi connectivity index (χ1n) is 15.0. The summed E-state index contributed by atoms with van der Waals surface area (Å²) in [6.07, 6.45) is 3.59. The summed E-state index contributed by atoms with van der Waals surface area (Å²) in [4.78, 5) is 31.9. The van der Waals surface area contributed by atoms with Crippen LogP contribution in [0.2, 0.25) is 5.02 Å². The van der Waals surface area contributed by atoms with Crippen LogP contribution < -0.4 is 10.6 Å². The van der Waals surface area contributed by atoms with Crippen LogP contribution in [0.3, 0.4) is 0 Å². The second kappa shape index (κ2) is 14.2. The first-order chi connectivity index (χ1) is 21.3. The summed E-state index contributed by atoms with van der Waals surface area (Å²) in [7, 11) is 3.21. The number of piperidine rings is 1. The standard InChI is InChI=1S/C35H39ClN4O4/c1-37-21-24-13-15-25(16-14-24)33(41)40-19-6-9-28(23-40)35(43,17-7-18-38-34(42)44-2)29-10-5-11-30(36)32(29)27-20-26-8-3-4-12-31(26)39-22-27/h3-5,8,10-16,20,22,28,37,43H,6-7,9,17-19,21,23H2,1-2H3,(H,38,42)/t28-,35?/m1/s1. The van der Waals surface area contributed by atoms with E-state index in [1.54, 1.807) is 6.20 Å². The van der Waals surface area contributed by atoms with Gasteiger partial charge in [0.25, 0.3) is 5.91 Å². The van der Waals surface area contributed by atoms with Gasteiger partial charge in [0, 0.05) is 65.4 Å². The lowest BCUT2D eigenvalue weighted by molar-refractivity contribution is -0.0563. The number of amides is 2. The fourth-order valence-electron chi connectivity index (χ4n) is 6.27. The molecule has 0 saturated carbocycles. The molecule has 2 heterocycles. The van der Waals surface area contributed by atoms with Crippen LogP contribution in [0.1, 0.15) is 47.2 Å². The number of fused-ring (bicyclic) bond motifs is 1. The molecule has 1 unspecified atom stereocenters. The van der Waals surface area contributed by atoms with Crippen molar-refractivity contribution in [3.05, 3.63) is 101 Å². The molecule has 44 heavy (non-hydrogen) atoms.